The first-order chi connectivity index (χ1) is 63.8. The molecular weight excluding hydrogens is 1860 g/mol. The van der Waals surface area contributed by atoms with Crippen LogP contribution >= 0.6 is 24.0 Å². The van der Waals surface area contributed by atoms with Gasteiger partial charge in [-0.25, -0.2) is 24.0 Å². The molecular formula is C85H130Cl2N8O41. The molecule has 1 atom stereocenters. The number of nitrogens with zero attached hydrogens (tertiary/aromatic N) is 2. The van der Waals surface area contributed by atoms with E-state index in [1.807, 2.05) is 0 Å². The molecule has 1 unspecified atom stereocenters. The van der Waals surface area contributed by atoms with Crippen LogP contribution in [-0.2, 0) is 188 Å². The van der Waals surface area contributed by atoms with E-state index in [1.54, 1.807) is 76.2 Å². The number of aromatic hydroxyl groups is 2. The molecule has 49 nitrogen and oxygen atoms in total. The predicted octanol–water partition coefficient (Wildman–Crippen LogP) is 2.05. The zero-order valence-electron chi connectivity index (χ0n) is 79.4. The summed E-state index contributed by atoms with van der Waals surface area (Å²) in [5.41, 5.74) is 18.8. The van der Waals surface area contributed by atoms with Gasteiger partial charge in [0, 0.05) is 81.6 Å². The van der Waals surface area contributed by atoms with Crippen molar-refractivity contribution in [2.45, 2.75) is 184 Å². The average Bonchev–Trinajstić information content (AvgIpc) is 0.800. The normalized spacial score (nSPS) is 13.9. The van der Waals surface area contributed by atoms with Gasteiger partial charge in [-0.05, 0) is 113 Å². The third kappa shape index (κ3) is 60.9. The van der Waals surface area contributed by atoms with Crippen LogP contribution in [0.1, 0.15) is 190 Å². The van der Waals surface area contributed by atoms with Crippen molar-refractivity contribution >= 4 is 131 Å². The first kappa shape index (κ1) is 130. The summed E-state index contributed by atoms with van der Waals surface area (Å²) in [7, 11) is 6.56. The summed E-state index contributed by atoms with van der Waals surface area (Å²) in [5.74, 6) is -8.66. The van der Waals surface area contributed by atoms with Gasteiger partial charge in [-0.15, -0.1) is 12.4 Å². The SMILES string of the molecule is CC(C)(C)OC(=O)CN.CC(C)(C)OC(=O)CNC(=O)c1c(O)c2c([nH]c1=O)COCC2.CCOC(=O)C=[N+]=[N-].CCOC(=O)CC(=O)Cl.CCOC(=O)CC(=O)NC1=C(C(=O)OC)CCOC1.CCOC(=O)COCCCC(=O)OC.CCOC(=O)c1c(O)c2c([nH]c1=O)COCC2.COC(=O)C1=C(N)COCC1.COC(=O)C1CCOCC1=O.COC(=O)CCCO.Cl.O=C1CCCO1. The third-order valence-corrected chi connectivity index (χ3v) is 16.2. The highest BCUT2D eigenvalue weighted by atomic mass is 35.5. The predicted molar refractivity (Wildman–Crippen MR) is 475 cm³/mol. The van der Waals surface area contributed by atoms with Crippen LogP contribution in [-0.4, -0.2) is 309 Å². The third-order valence-electron chi connectivity index (χ3n) is 16.0. The lowest BCUT2D eigenvalue weighted by Gasteiger charge is -2.20. The Morgan fingerprint density at radius 1 is 0.544 bits per heavy atom. The average molecular weight is 1990 g/mol. The summed E-state index contributed by atoms with van der Waals surface area (Å²) in [6.07, 6.45) is 5.38. The second-order valence-corrected chi connectivity index (χ2v) is 29.1. The van der Waals surface area contributed by atoms with Crippen LogP contribution in [0.15, 0.2) is 32.1 Å². The van der Waals surface area contributed by atoms with Gasteiger partial charge in [0.25, 0.3) is 17.0 Å². The lowest BCUT2D eigenvalue weighted by atomic mass is 9.99. The number of hydrogen-bond acceptors (Lipinski definition) is 43. The molecule has 6 aliphatic rings. The fraction of sp³-hybridized carbons (Fsp3) is 0.624. The number of fused-ring (bicyclic) bond motifs is 2. The molecule has 0 radical (unpaired) electrons. The number of hydrogen-bond donors (Lipinski definition) is 9. The van der Waals surface area contributed by atoms with Crippen molar-refractivity contribution in [1.82, 2.24) is 20.6 Å². The number of Topliss-reactive ketones (excluding diaryl/α,β-unsaturated/α-hetero) is 1. The zero-order valence-corrected chi connectivity index (χ0v) is 81.0. The van der Waals surface area contributed by atoms with E-state index < -0.39 is 106 Å². The number of pyridine rings is 2. The number of nitrogens with one attached hydrogen (secondary N) is 4. The van der Waals surface area contributed by atoms with Crippen molar-refractivity contribution in [2.75, 3.05) is 161 Å². The number of aromatic amines is 2. The summed E-state index contributed by atoms with van der Waals surface area (Å²) in [4.78, 5) is 216. The molecule has 8 rings (SSSR count). The fourth-order valence-electron chi connectivity index (χ4n) is 10.2. The van der Waals surface area contributed by atoms with Gasteiger partial charge >= 0.3 is 83.8 Å². The number of amides is 2. The molecule has 11 N–H and O–H groups in total. The van der Waals surface area contributed by atoms with Crippen molar-refractivity contribution < 1.29 is 192 Å². The number of carbonyl (C=O) groups is 17. The first-order valence-electron chi connectivity index (χ1n) is 41.9. The minimum atomic E-state index is -0.830. The summed E-state index contributed by atoms with van der Waals surface area (Å²) in [6, 6.07) is 0. The molecule has 6 aliphatic heterocycles. The highest BCUT2D eigenvalue weighted by Crippen LogP contribution is 2.28. The number of nitrogens with two attached hydrogens (primary N) is 2. The van der Waals surface area contributed by atoms with E-state index in [0.29, 0.717) is 182 Å². The lowest BCUT2D eigenvalue weighted by Crippen LogP contribution is -2.37. The van der Waals surface area contributed by atoms with Gasteiger partial charge in [0.15, 0.2) is 11.3 Å². The summed E-state index contributed by atoms with van der Waals surface area (Å²) in [6.45, 7) is 23.9. The zero-order chi connectivity index (χ0) is 103. The molecule has 0 aromatic carbocycles. The van der Waals surface area contributed by atoms with Gasteiger partial charge in [0.1, 0.15) is 66.8 Å². The van der Waals surface area contributed by atoms with Crippen molar-refractivity contribution in [3.63, 3.8) is 0 Å². The number of carbonyl (C=O) groups excluding carboxylic acids is 17. The smallest absolute Gasteiger partial charge is 0.413 e. The maximum Gasteiger partial charge on any atom is 0.413 e. The number of aliphatic hydroxyl groups excluding tert-OH is 1. The minimum absolute atomic E-state index is 0. The number of rotatable bonds is 28. The van der Waals surface area contributed by atoms with Crippen molar-refractivity contribution in [1.29, 1.82) is 0 Å². The van der Waals surface area contributed by atoms with Crippen LogP contribution in [0.3, 0.4) is 0 Å². The van der Waals surface area contributed by atoms with Gasteiger partial charge in [0.05, 0.1) is 163 Å². The highest BCUT2D eigenvalue weighted by Gasteiger charge is 2.32. The lowest BCUT2D eigenvalue weighted by molar-refractivity contribution is -0.155. The van der Waals surface area contributed by atoms with E-state index in [-0.39, 0.29) is 143 Å². The number of H-pyrrole nitrogens is 2. The molecule has 2 saturated heterocycles. The molecule has 2 fully saturated rings. The number of cyclic esters (lactones) is 1. The van der Waals surface area contributed by atoms with Crippen LogP contribution in [0.2, 0.25) is 0 Å². The number of esters is 13. The summed E-state index contributed by atoms with van der Waals surface area (Å²) >= 11 is 4.87. The Labute approximate surface area is 795 Å². The van der Waals surface area contributed by atoms with E-state index in [4.69, 9.17) is 76.3 Å². The van der Waals surface area contributed by atoms with Gasteiger partial charge < -0.3 is 143 Å². The van der Waals surface area contributed by atoms with Crippen LogP contribution in [0.4, 0.5) is 0 Å². The van der Waals surface area contributed by atoms with E-state index in [0.717, 1.165) is 6.42 Å². The summed E-state index contributed by atoms with van der Waals surface area (Å²) < 4.78 is 89.8. The largest absolute Gasteiger partial charge is 0.507 e. The molecule has 51 heteroatoms. The molecule has 2 aromatic rings. The Bertz CT molecular complexity index is 4380. The van der Waals surface area contributed by atoms with Gasteiger partial charge in [0.2, 0.25) is 11.1 Å². The summed E-state index contributed by atoms with van der Waals surface area (Å²) in [5, 5.41) is 32.4. The number of aliphatic hydroxyl groups is 1. The van der Waals surface area contributed by atoms with Crippen LogP contribution in [0.25, 0.3) is 5.53 Å². The number of methoxy groups -OCH3 is 5. The minimum Gasteiger partial charge on any atom is -0.507 e. The van der Waals surface area contributed by atoms with Gasteiger partial charge in [-0.3, -0.25) is 67.1 Å². The molecule has 0 aliphatic carbocycles. The van der Waals surface area contributed by atoms with Gasteiger partial charge in [-0.2, -0.15) is 4.79 Å². The topological polar surface area (TPSA) is 704 Å². The molecule has 0 saturated carbocycles. The Kier molecular flexibility index (Phi) is 72.7. The van der Waals surface area contributed by atoms with Crippen LogP contribution in [0, 0.1) is 5.92 Å². The fourth-order valence-corrected chi connectivity index (χ4v) is 10.3. The molecule has 2 amide bonds. The standard InChI is InChI=1S/C15H20N2O6.C12H17NO6.C11H13NO5.C9H16O5.C7H11NO3.C7H10O4.C6H13NO2.C5H7ClO3.C5H10O3.C4H6N2O2.C4H6O2.ClH/c1-15(2,3)23-10(18)6-16-13(20)11-12(19)8-4-5-22-7-9(8)17-14(11)21;1-3-19-11(15)6-10(14)13-9-7-18-5-4-8(9)12(16)17-2;1-2-17-11(15)8-9(13)6-3-4-16-5-7(6)12-10(8)14;1-3-14-9(11)7-13-6-4-5-8(10)12-2;2*1-10-7(9)5-2-3-11-4-6(5)8;1-6(2,3)9-5(8)4-7;1-2-9-5(8)3-4(6)7;1-8-5(7)3-2-4-6;1-2-8-4(7)3-6-5;5-4-2-1-3-6-4;/h4-7H2,1-3H3,(H,16,20)(H2,17,19,21);3-7H2,1-2H3,(H,13,14);2-5H2,1H3,(H2,12,13,14);3-7H2,1-2H3;2-4,8H2,1H3;5H,2-4H2,1H3;4,7H2,1-3H3;2-3H2,1H3;6H,2-4H2,1H3;3H,2H2,1H3;1-3H2;1H. The van der Waals surface area contributed by atoms with Crippen LogP contribution in [0.5, 0.6) is 11.5 Å². The van der Waals surface area contributed by atoms with E-state index in [2.05, 4.69) is 72.8 Å². The van der Waals surface area contributed by atoms with Gasteiger partial charge in [-0.1, -0.05) is 0 Å². The maximum absolute atomic E-state index is 12.1. The van der Waals surface area contributed by atoms with Crippen molar-refractivity contribution in [3.05, 3.63) is 82.4 Å². The van der Waals surface area contributed by atoms with Crippen LogP contribution < -0.4 is 33.2 Å². The maximum atomic E-state index is 12.1. The molecule has 2 aromatic heterocycles. The van der Waals surface area contributed by atoms with Crippen molar-refractivity contribution in [2.24, 2.45) is 17.4 Å². The molecule has 0 spiro atoms. The second-order valence-electron chi connectivity index (χ2n) is 28.7. The Balaban J connectivity index is -0.000000719. The van der Waals surface area contributed by atoms with E-state index >= 15 is 0 Å². The second kappa shape index (κ2) is 76.0. The molecule has 8 heterocycles. The number of halogens is 2. The Hall–Kier alpha value is -12.2. The Morgan fingerprint density at radius 2 is 1.01 bits per heavy atom. The quantitative estimate of drug-likeness (QED) is 0.00860. The number of ether oxygens (including phenoxy) is 19. The van der Waals surface area contributed by atoms with Crippen molar-refractivity contribution in [3.8, 4) is 11.5 Å². The monoisotopic (exact) mass is 1990 g/mol. The Morgan fingerprint density at radius 3 is 1.46 bits per heavy atom. The van der Waals surface area contributed by atoms with E-state index in [9.17, 15) is 101 Å². The van der Waals surface area contributed by atoms with E-state index in [1.165, 1.54) is 35.5 Å². The molecule has 136 heavy (non-hydrogen) atoms. The number of aromatic nitrogens is 2. The molecule has 770 valence electrons. The number of ketones is 1. The first-order valence-corrected chi connectivity index (χ1v) is 42.3. The molecule has 0 bridgehead atoms. The highest BCUT2D eigenvalue weighted by molar-refractivity contribution is 6.64.